The summed E-state index contributed by atoms with van der Waals surface area (Å²) in [6.07, 6.45) is 1.37. The zero-order valence-electron chi connectivity index (χ0n) is 15.6. The summed E-state index contributed by atoms with van der Waals surface area (Å²) in [6, 6.07) is 2.22. The number of aryl methyl sites for hydroxylation is 3. The average Bonchev–Trinajstić information content (AvgIpc) is 3.17. The molecule has 7 heteroatoms. The Balaban J connectivity index is 1.85. The van der Waals surface area contributed by atoms with E-state index in [1.807, 2.05) is 45.7 Å². The maximum atomic E-state index is 12.7. The van der Waals surface area contributed by atoms with E-state index in [2.05, 4.69) is 20.4 Å². The van der Waals surface area contributed by atoms with Gasteiger partial charge in [0.2, 0.25) is 5.91 Å². The van der Waals surface area contributed by atoms with Crippen molar-refractivity contribution in [3.05, 3.63) is 34.4 Å². The number of rotatable bonds is 4. The van der Waals surface area contributed by atoms with Crippen LogP contribution in [0.1, 0.15) is 34.8 Å². The molecule has 1 aliphatic heterocycles. The van der Waals surface area contributed by atoms with E-state index < -0.39 is 0 Å². The lowest BCUT2D eigenvalue weighted by Crippen LogP contribution is -2.39. The number of hydrogen-bond donors (Lipinski definition) is 1. The molecule has 1 fully saturated rings. The lowest BCUT2D eigenvalue weighted by atomic mass is 10.1. The van der Waals surface area contributed by atoms with Gasteiger partial charge in [-0.25, -0.2) is 14.6 Å². The predicted octanol–water partition coefficient (Wildman–Crippen LogP) is 1.26. The molecular formula is C18H26N6O. The van der Waals surface area contributed by atoms with Gasteiger partial charge in [-0.15, -0.1) is 0 Å². The van der Waals surface area contributed by atoms with Crippen molar-refractivity contribution in [1.29, 1.82) is 0 Å². The number of nitrogens with zero attached hydrogens (tertiary/aromatic N) is 5. The van der Waals surface area contributed by atoms with Gasteiger partial charge < -0.3 is 10.2 Å². The van der Waals surface area contributed by atoms with Gasteiger partial charge in [0.15, 0.2) is 0 Å². The molecule has 0 radical (unpaired) electrons. The Morgan fingerprint density at radius 1 is 1.28 bits per heavy atom. The van der Waals surface area contributed by atoms with Gasteiger partial charge in [0.25, 0.3) is 5.95 Å². The van der Waals surface area contributed by atoms with Gasteiger partial charge in [-0.05, 0) is 46.7 Å². The number of nitrogens with one attached hydrogen (secondary N) is 1. The van der Waals surface area contributed by atoms with Crippen molar-refractivity contribution >= 4 is 5.91 Å². The van der Waals surface area contributed by atoms with E-state index >= 15 is 0 Å². The number of carbonyl (C=O) groups is 1. The van der Waals surface area contributed by atoms with Gasteiger partial charge >= 0.3 is 0 Å². The Morgan fingerprint density at radius 2 is 1.96 bits per heavy atom. The molecule has 2 aromatic rings. The smallest absolute Gasteiger partial charge is 0.251 e. The lowest BCUT2D eigenvalue weighted by molar-refractivity contribution is -0.130. The van der Waals surface area contributed by atoms with Crippen LogP contribution in [-0.2, 0) is 11.2 Å². The summed E-state index contributed by atoms with van der Waals surface area (Å²) in [7, 11) is 1.89. The minimum atomic E-state index is 0.126. The molecule has 1 saturated heterocycles. The first kappa shape index (κ1) is 17.5. The molecule has 3 rings (SSSR count). The number of carbonyl (C=O) groups excluding carboxylic acids is 1. The van der Waals surface area contributed by atoms with Crippen LogP contribution < -0.4 is 5.32 Å². The number of hydrogen-bond acceptors (Lipinski definition) is 5. The van der Waals surface area contributed by atoms with E-state index in [0.717, 1.165) is 47.8 Å². The molecule has 134 valence electrons. The van der Waals surface area contributed by atoms with Gasteiger partial charge in [0.1, 0.15) is 0 Å². The third-order valence-electron chi connectivity index (χ3n) is 4.90. The second-order valence-corrected chi connectivity index (χ2v) is 6.84. The van der Waals surface area contributed by atoms with Gasteiger partial charge in [-0.3, -0.25) is 4.79 Å². The van der Waals surface area contributed by atoms with Gasteiger partial charge in [-0.2, -0.15) is 5.10 Å². The summed E-state index contributed by atoms with van der Waals surface area (Å²) in [4.78, 5) is 23.5. The van der Waals surface area contributed by atoms with Crippen LogP contribution in [0.3, 0.4) is 0 Å². The fourth-order valence-electron chi connectivity index (χ4n) is 3.38. The molecule has 1 atom stereocenters. The second kappa shape index (κ2) is 6.92. The van der Waals surface area contributed by atoms with Crippen molar-refractivity contribution in [2.24, 2.45) is 0 Å². The van der Waals surface area contributed by atoms with Crippen LogP contribution in [0.15, 0.2) is 6.07 Å². The van der Waals surface area contributed by atoms with Gasteiger partial charge in [0.05, 0.1) is 12.1 Å². The normalized spacial score (nSPS) is 17.1. The Kier molecular flexibility index (Phi) is 4.85. The SMILES string of the molecule is Cc1cc(C)nc(-n2nc(C)c(CC(=O)N(C)C3CCNC3)c2C)n1. The molecule has 0 aliphatic carbocycles. The molecule has 3 heterocycles. The van der Waals surface area contributed by atoms with Gasteiger partial charge in [-0.1, -0.05) is 0 Å². The highest BCUT2D eigenvalue weighted by Crippen LogP contribution is 2.19. The van der Waals surface area contributed by atoms with Crippen molar-refractivity contribution in [3.8, 4) is 5.95 Å². The largest absolute Gasteiger partial charge is 0.341 e. The van der Waals surface area contributed by atoms with Crippen molar-refractivity contribution in [3.63, 3.8) is 0 Å². The summed E-state index contributed by atoms with van der Waals surface area (Å²) >= 11 is 0. The topological polar surface area (TPSA) is 75.9 Å². The number of amides is 1. The first-order chi connectivity index (χ1) is 11.9. The molecule has 0 aromatic carbocycles. The van der Waals surface area contributed by atoms with E-state index in [9.17, 15) is 4.79 Å². The van der Waals surface area contributed by atoms with Crippen LogP contribution in [0, 0.1) is 27.7 Å². The van der Waals surface area contributed by atoms with Gasteiger partial charge in [0, 0.05) is 42.3 Å². The highest BCUT2D eigenvalue weighted by atomic mass is 16.2. The Bertz CT molecular complexity index is 771. The predicted molar refractivity (Wildman–Crippen MR) is 95.9 cm³/mol. The van der Waals surface area contributed by atoms with Crippen molar-refractivity contribution < 1.29 is 4.79 Å². The molecule has 1 unspecified atom stereocenters. The van der Waals surface area contributed by atoms with Crippen LogP contribution >= 0.6 is 0 Å². The highest BCUT2D eigenvalue weighted by molar-refractivity contribution is 5.79. The molecule has 0 bridgehead atoms. The third kappa shape index (κ3) is 3.56. The number of likely N-dealkylation sites (N-methyl/N-ethyl adjacent to an activating group) is 1. The monoisotopic (exact) mass is 342 g/mol. The lowest BCUT2D eigenvalue weighted by Gasteiger charge is -2.23. The molecular weight excluding hydrogens is 316 g/mol. The standard InChI is InChI=1S/C18H26N6O/c1-11-8-12(2)21-18(20-11)24-14(4)16(13(3)22-24)9-17(25)23(5)15-6-7-19-10-15/h8,15,19H,6-7,9-10H2,1-5H3. The third-order valence-corrected chi connectivity index (χ3v) is 4.90. The highest BCUT2D eigenvalue weighted by Gasteiger charge is 2.25. The first-order valence-electron chi connectivity index (χ1n) is 8.71. The summed E-state index contributed by atoms with van der Waals surface area (Å²) in [6.45, 7) is 9.64. The van der Waals surface area contributed by atoms with E-state index in [-0.39, 0.29) is 11.9 Å². The molecule has 1 N–H and O–H groups in total. The van der Waals surface area contributed by atoms with E-state index in [0.29, 0.717) is 12.4 Å². The maximum Gasteiger partial charge on any atom is 0.251 e. The fourth-order valence-corrected chi connectivity index (χ4v) is 3.38. The molecule has 1 amide bonds. The Labute approximate surface area is 148 Å². The number of aromatic nitrogens is 4. The minimum absolute atomic E-state index is 0.126. The summed E-state index contributed by atoms with van der Waals surface area (Å²) in [5.74, 6) is 0.686. The second-order valence-electron chi connectivity index (χ2n) is 6.84. The Hall–Kier alpha value is -2.28. The maximum absolute atomic E-state index is 12.7. The van der Waals surface area contributed by atoms with Crippen LogP contribution in [-0.4, -0.2) is 56.7 Å². The van der Waals surface area contributed by atoms with Crippen LogP contribution in [0.25, 0.3) is 5.95 Å². The van der Waals surface area contributed by atoms with Crippen molar-refractivity contribution in [1.82, 2.24) is 30.0 Å². The van der Waals surface area contributed by atoms with Crippen molar-refractivity contribution in [2.75, 3.05) is 20.1 Å². The summed E-state index contributed by atoms with van der Waals surface area (Å²) in [5, 5.41) is 7.89. The molecule has 7 nitrogen and oxygen atoms in total. The average molecular weight is 342 g/mol. The molecule has 2 aromatic heterocycles. The minimum Gasteiger partial charge on any atom is -0.341 e. The van der Waals surface area contributed by atoms with Crippen LogP contribution in [0.2, 0.25) is 0 Å². The zero-order chi connectivity index (χ0) is 18.1. The van der Waals surface area contributed by atoms with E-state index in [1.54, 1.807) is 4.68 Å². The first-order valence-corrected chi connectivity index (χ1v) is 8.71. The zero-order valence-corrected chi connectivity index (χ0v) is 15.6. The fraction of sp³-hybridized carbons (Fsp3) is 0.556. The Morgan fingerprint density at radius 3 is 2.56 bits per heavy atom. The van der Waals surface area contributed by atoms with Crippen LogP contribution in [0.5, 0.6) is 0 Å². The summed E-state index contributed by atoms with van der Waals surface area (Å²) in [5.41, 5.74) is 4.55. The molecule has 25 heavy (non-hydrogen) atoms. The molecule has 1 aliphatic rings. The molecule has 0 spiro atoms. The summed E-state index contributed by atoms with van der Waals surface area (Å²) < 4.78 is 1.75. The quantitative estimate of drug-likeness (QED) is 0.905. The van der Waals surface area contributed by atoms with E-state index in [4.69, 9.17) is 0 Å². The van der Waals surface area contributed by atoms with Crippen molar-refractivity contribution in [2.45, 2.75) is 46.6 Å². The van der Waals surface area contributed by atoms with E-state index in [1.165, 1.54) is 0 Å². The van der Waals surface area contributed by atoms with Crippen LogP contribution in [0.4, 0.5) is 0 Å². The molecule has 0 saturated carbocycles.